The number of ether oxygens (including phenoxy) is 2. The third kappa shape index (κ3) is 2.53. The number of hydrogen-bond donors (Lipinski definition) is 2. The lowest BCUT2D eigenvalue weighted by molar-refractivity contribution is -0.130. The van der Waals surface area contributed by atoms with Crippen molar-refractivity contribution in [3.05, 3.63) is 53.6 Å². The molecule has 1 heterocycles. The van der Waals surface area contributed by atoms with Gasteiger partial charge in [0.1, 0.15) is 0 Å². The molecule has 1 aliphatic rings. The maximum Gasteiger partial charge on any atom is 0.336 e. The molecule has 0 fully saturated rings. The van der Waals surface area contributed by atoms with Gasteiger partial charge in [-0.25, -0.2) is 4.79 Å². The molecule has 0 saturated heterocycles. The molecule has 0 bridgehead atoms. The predicted molar refractivity (Wildman–Crippen MR) is 78.9 cm³/mol. The van der Waals surface area contributed by atoms with E-state index in [1.165, 1.54) is 6.08 Å². The number of carbonyl (C=O) groups is 1. The topological polar surface area (TPSA) is 81.8 Å². The van der Waals surface area contributed by atoms with Crippen LogP contribution < -0.4 is 15.2 Å². The Labute approximate surface area is 121 Å². The lowest BCUT2D eigenvalue weighted by Crippen LogP contribution is -2.00. The molecule has 21 heavy (non-hydrogen) atoms. The lowest BCUT2D eigenvalue weighted by atomic mass is 10.0. The summed E-state index contributed by atoms with van der Waals surface area (Å²) >= 11 is 0. The van der Waals surface area contributed by atoms with Crippen LogP contribution in [-0.2, 0) is 4.79 Å². The minimum Gasteiger partial charge on any atom is -0.478 e. The van der Waals surface area contributed by atoms with Crippen LogP contribution in [0, 0.1) is 0 Å². The fourth-order valence-electron chi connectivity index (χ4n) is 2.14. The molecule has 106 valence electrons. The van der Waals surface area contributed by atoms with Gasteiger partial charge in [-0.3, -0.25) is 0 Å². The second-order valence-electron chi connectivity index (χ2n) is 4.56. The van der Waals surface area contributed by atoms with Crippen LogP contribution in [0.1, 0.15) is 11.1 Å². The summed E-state index contributed by atoms with van der Waals surface area (Å²) in [7, 11) is 0. The summed E-state index contributed by atoms with van der Waals surface area (Å²) in [6, 6.07) is 12.2. The summed E-state index contributed by atoms with van der Waals surface area (Å²) in [5.74, 6) is 0.118. The second-order valence-corrected chi connectivity index (χ2v) is 4.56. The zero-order chi connectivity index (χ0) is 14.8. The largest absolute Gasteiger partial charge is 0.478 e. The number of anilines is 1. The number of carboxylic acid groups (broad SMARTS) is 1. The van der Waals surface area contributed by atoms with Gasteiger partial charge in [0.2, 0.25) is 6.79 Å². The van der Waals surface area contributed by atoms with Crippen LogP contribution in [0.3, 0.4) is 0 Å². The van der Waals surface area contributed by atoms with Crippen LogP contribution in [-0.4, -0.2) is 17.9 Å². The Morgan fingerprint density at radius 3 is 2.48 bits per heavy atom. The summed E-state index contributed by atoms with van der Waals surface area (Å²) < 4.78 is 10.5. The highest BCUT2D eigenvalue weighted by Crippen LogP contribution is 2.37. The Kier molecular flexibility index (Phi) is 3.23. The number of benzene rings is 2. The Hall–Kier alpha value is -2.95. The zero-order valence-electron chi connectivity index (χ0n) is 11.1. The van der Waals surface area contributed by atoms with E-state index in [9.17, 15) is 9.90 Å². The molecule has 0 aromatic heterocycles. The molecule has 0 aliphatic carbocycles. The van der Waals surface area contributed by atoms with Crippen LogP contribution in [0.15, 0.2) is 42.5 Å². The number of aliphatic carboxylic acids is 1. The lowest BCUT2D eigenvalue weighted by Gasteiger charge is -2.06. The minimum atomic E-state index is -1.02. The molecule has 5 nitrogen and oxygen atoms in total. The molecule has 2 aromatic carbocycles. The van der Waals surface area contributed by atoms with Crippen LogP contribution in [0.2, 0.25) is 0 Å². The number of carboxylic acids is 1. The highest BCUT2D eigenvalue weighted by Gasteiger charge is 2.17. The van der Waals surface area contributed by atoms with Gasteiger partial charge in [0, 0.05) is 17.3 Å². The summed E-state index contributed by atoms with van der Waals surface area (Å²) in [5, 5.41) is 9.41. The highest BCUT2D eigenvalue weighted by atomic mass is 16.7. The first kappa shape index (κ1) is 13.1. The van der Waals surface area contributed by atoms with Gasteiger partial charge < -0.3 is 20.3 Å². The number of fused-ring (bicyclic) bond motifs is 1. The molecule has 3 rings (SSSR count). The Morgan fingerprint density at radius 1 is 1.14 bits per heavy atom. The van der Waals surface area contributed by atoms with Crippen molar-refractivity contribution in [1.29, 1.82) is 0 Å². The molecule has 0 amide bonds. The van der Waals surface area contributed by atoms with E-state index in [0.29, 0.717) is 28.3 Å². The van der Waals surface area contributed by atoms with Crippen molar-refractivity contribution in [2.45, 2.75) is 0 Å². The van der Waals surface area contributed by atoms with Gasteiger partial charge in [-0.1, -0.05) is 30.3 Å². The van der Waals surface area contributed by atoms with E-state index in [-0.39, 0.29) is 12.4 Å². The molecule has 0 radical (unpaired) electrons. The summed E-state index contributed by atoms with van der Waals surface area (Å²) in [6.45, 7) is 0.145. The molecule has 0 unspecified atom stereocenters. The van der Waals surface area contributed by atoms with Crippen LogP contribution in [0.25, 0.3) is 11.6 Å². The van der Waals surface area contributed by atoms with Crippen molar-refractivity contribution in [2.24, 2.45) is 0 Å². The number of rotatable bonds is 3. The third-order valence-electron chi connectivity index (χ3n) is 3.19. The second kappa shape index (κ2) is 5.20. The van der Waals surface area contributed by atoms with Crippen LogP contribution in [0.4, 0.5) is 5.69 Å². The van der Waals surface area contributed by atoms with Crippen molar-refractivity contribution < 1.29 is 19.4 Å². The van der Waals surface area contributed by atoms with Gasteiger partial charge in [-0.2, -0.15) is 0 Å². The first-order chi connectivity index (χ1) is 10.1. The average Bonchev–Trinajstić information content (AvgIpc) is 2.92. The Morgan fingerprint density at radius 2 is 1.81 bits per heavy atom. The van der Waals surface area contributed by atoms with Crippen molar-refractivity contribution in [2.75, 3.05) is 12.5 Å². The molecule has 1 aliphatic heterocycles. The van der Waals surface area contributed by atoms with Crippen molar-refractivity contribution in [1.82, 2.24) is 0 Å². The number of nitrogens with two attached hydrogens (primary N) is 1. The predicted octanol–water partition coefficient (Wildman–Crippen LogP) is 2.62. The summed E-state index contributed by atoms with van der Waals surface area (Å²) in [6.07, 6.45) is 1.54. The van der Waals surface area contributed by atoms with Crippen molar-refractivity contribution in [3.8, 4) is 11.5 Å². The Balaban J connectivity index is 2.08. The molecule has 5 heteroatoms. The normalized spacial score (nSPS) is 13.2. The van der Waals surface area contributed by atoms with E-state index in [4.69, 9.17) is 15.2 Å². The van der Waals surface area contributed by atoms with Gasteiger partial charge in [-0.15, -0.1) is 0 Å². The molecule has 3 N–H and O–H groups in total. The van der Waals surface area contributed by atoms with E-state index in [1.54, 1.807) is 36.4 Å². The van der Waals surface area contributed by atoms with Crippen LogP contribution >= 0.6 is 0 Å². The fraction of sp³-hybridized carbons (Fsp3) is 0.0625. The molecular formula is C16H13NO4. The minimum absolute atomic E-state index is 0.145. The molecule has 0 saturated carbocycles. The Bertz CT molecular complexity index is 723. The maximum atomic E-state index is 11.5. The van der Waals surface area contributed by atoms with Crippen molar-refractivity contribution in [3.63, 3.8) is 0 Å². The highest BCUT2D eigenvalue weighted by molar-refractivity contribution is 6.21. The molecule has 0 atom stereocenters. The van der Waals surface area contributed by atoms with E-state index in [0.717, 1.165) is 0 Å². The molecule has 0 spiro atoms. The van der Waals surface area contributed by atoms with E-state index in [1.807, 2.05) is 6.07 Å². The zero-order valence-corrected chi connectivity index (χ0v) is 11.1. The molecule has 2 aromatic rings. The quantitative estimate of drug-likeness (QED) is 0.514. The van der Waals surface area contributed by atoms with Gasteiger partial charge in [0.25, 0.3) is 0 Å². The summed E-state index contributed by atoms with van der Waals surface area (Å²) in [4.78, 5) is 11.5. The average molecular weight is 283 g/mol. The smallest absolute Gasteiger partial charge is 0.336 e. The fourth-order valence-corrected chi connectivity index (χ4v) is 2.14. The SMILES string of the molecule is Nc1cc2c(cc1/C=C(/C(=O)O)c1ccccc1)OCO2. The van der Waals surface area contributed by atoms with Gasteiger partial charge in [0.15, 0.2) is 11.5 Å². The number of hydrogen-bond acceptors (Lipinski definition) is 4. The maximum absolute atomic E-state index is 11.5. The first-order valence-electron chi connectivity index (χ1n) is 6.34. The molecular weight excluding hydrogens is 270 g/mol. The summed E-state index contributed by atoms with van der Waals surface area (Å²) in [5.41, 5.74) is 7.75. The van der Waals surface area contributed by atoms with E-state index in [2.05, 4.69) is 0 Å². The standard InChI is InChI=1S/C16H13NO4/c17-13-8-15-14(20-9-21-15)7-11(13)6-12(16(18)19)10-4-2-1-3-5-10/h1-8H,9,17H2,(H,18,19)/b12-6+. The van der Waals surface area contributed by atoms with Gasteiger partial charge >= 0.3 is 5.97 Å². The van der Waals surface area contributed by atoms with Gasteiger partial charge in [0.05, 0.1) is 5.57 Å². The van der Waals surface area contributed by atoms with E-state index >= 15 is 0 Å². The van der Waals surface area contributed by atoms with E-state index < -0.39 is 5.97 Å². The van der Waals surface area contributed by atoms with Gasteiger partial charge in [-0.05, 0) is 17.7 Å². The first-order valence-corrected chi connectivity index (χ1v) is 6.34. The number of nitrogen functional groups attached to an aromatic ring is 1. The van der Waals surface area contributed by atoms with Crippen LogP contribution in [0.5, 0.6) is 11.5 Å². The van der Waals surface area contributed by atoms with Crippen molar-refractivity contribution >= 4 is 23.3 Å². The monoisotopic (exact) mass is 283 g/mol. The third-order valence-corrected chi connectivity index (χ3v) is 3.19.